The highest BCUT2D eigenvalue weighted by molar-refractivity contribution is 6.03. The van der Waals surface area contributed by atoms with Gasteiger partial charge in [0.25, 0.3) is 11.5 Å². The third-order valence-corrected chi connectivity index (χ3v) is 4.72. The van der Waals surface area contributed by atoms with Crippen molar-refractivity contribution in [2.45, 2.75) is 6.54 Å². The summed E-state index contributed by atoms with van der Waals surface area (Å²) >= 11 is 0. The molecule has 0 bridgehead atoms. The lowest BCUT2D eigenvalue weighted by Crippen LogP contribution is -2.31. The fraction of sp³-hybridized carbons (Fsp3) is 0.150. The molecule has 0 saturated carbocycles. The third-order valence-electron chi connectivity index (χ3n) is 4.72. The van der Waals surface area contributed by atoms with Crippen LogP contribution in [0.5, 0.6) is 0 Å². The van der Waals surface area contributed by atoms with E-state index in [4.69, 9.17) is 0 Å². The van der Waals surface area contributed by atoms with Gasteiger partial charge in [-0.2, -0.15) is 5.10 Å². The molecule has 2 heterocycles. The molecule has 0 atom stereocenters. The van der Waals surface area contributed by atoms with Crippen molar-refractivity contribution in [1.29, 1.82) is 0 Å². The number of carbonyl (C=O) groups excluding carboxylic acids is 1. The van der Waals surface area contributed by atoms with Crippen molar-refractivity contribution in [3.05, 3.63) is 76.0 Å². The highest BCUT2D eigenvalue weighted by Gasteiger charge is 2.16. The largest absolute Gasteiger partial charge is 0.350 e. The van der Waals surface area contributed by atoms with Crippen LogP contribution in [-0.4, -0.2) is 26.8 Å². The van der Waals surface area contributed by atoms with E-state index in [0.717, 1.165) is 12.1 Å². The minimum atomic E-state index is -0.982. The first-order chi connectivity index (χ1) is 13.9. The molecule has 6 nitrogen and oxygen atoms in total. The van der Waals surface area contributed by atoms with Crippen molar-refractivity contribution >= 4 is 27.7 Å². The van der Waals surface area contributed by atoms with Crippen molar-refractivity contribution in [2.24, 2.45) is 7.05 Å². The van der Waals surface area contributed by atoms with E-state index in [1.807, 2.05) is 0 Å². The number of aryl methyl sites for hydroxylation is 1. The number of nitrogens with zero attached hydrogens (tertiary/aromatic N) is 3. The van der Waals surface area contributed by atoms with Crippen molar-refractivity contribution in [3.8, 4) is 0 Å². The summed E-state index contributed by atoms with van der Waals surface area (Å²) in [5.41, 5.74) is 0.248. The maximum atomic E-state index is 13.8. The van der Waals surface area contributed by atoms with Gasteiger partial charge in [-0.25, -0.2) is 13.2 Å². The summed E-state index contributed by atoms with van der Waals surface area (Å²) < 4.78 is 43.5. The number of rotatable bonds is 4. The smallest absolute Gasteiger partial charge is 0.262 e. The molecule has 29 heavy (non-hydrogen) atoms. The monoisotopic (exact) mass is 400 g/mol. The van der Waals surface area contributed by atoms with Gasteiger partial charge in [-0.05, 0) is 30.3 Å². The summed E-state index contributed by atoms with van der Waals surface area (Å²) in [5.74, 6) is -3.02. The molecule has 0 aliphatic carbocycles. The summed E-state index contributed by atoms with van der Waals surface area (Å²) in [6.07, 6.45) is 1.43. The van der Waals surface area contributed by atoms with E-state index >= 15 is 0 Å². The molecule has 0 unspecified atom stereocenters. The highest BCUT2D eigenvalue weighted by atomic mass is 19.1. The Morgan fingerprint density at radius 1 is 1.07 bits per heavy atom. The topological polar surface area (TPSA) is 68.9 Å². The van der Waals surface area contributed by atoms with E-state index in [1.165, 1.54) is 22.9 Å². The Hall–Kier alpha value is -3.62. The molecule has 1 N–H and O–H groups in total. The number of fused-ring (bicyclic) bond motifs is 3. The molecule has 0 radical (unpaired) electrons. The Morgan fingerprint density at radius 2 is 1.79 bits per heavy atom. The molecule has 0 saturated heterocycles. The number of amides is 1. The normalized spacial score (nSPS) is 11.3. The first kappa shape index (κ1) is 18.7. The van der Waals surface area contributed by atoms with Gasteiger partial charge in [-0.3, -0.25) is 14.3 Å². The second kappa shape index (κ2) is 7.08. The van der Waals surface area contributed by atoms with Crippen LogP contribution in [0, 0.1) is 17.5 Å². The lowest BCUT2D eigenvalue weighted by atomic mass is 10.1. The quantitative estimate of drug-likeness (QED) is 0.573. The van der Waals surface area contributed by atoms with Gasteiger partial charge in [0.15, 0.2) is 0 Å². The van der Waals surface area contributed by atoms with Crippen LogP contribution in [-0.2, 0) is 13.6 Å². The summed E-state index contributed by atoms with van der Waals surface area (Å²) in [6.45, 7) is 0.00507. The summed E-state index contributed by atoms with van der Waals surface area (Å²) in [4.78, 5) is 25.0. The summed E-state index contributed by atoms with van der Waals surface area (Å²) in [5, 5.41) is 7.59. The van der Waals surface area contributed by atoms with E-state index in [0.29, 0.717) is 27.9 Å². The molecule has 4 rings (SSSR count). The van der Waals surface area contributed by atoms with Gasteiger partial charge in [0, 0.05) is 31.6 Å². The molecule has 148 valence electrons. The van der Waals surface area contributed by atoms with Crippen LogP contribution in [0.1, 0.15) is 10.4 Å². The van der Waals surface area contributed by atoms with Crippen LogP contribution in [0.25, 0.3) is 21.8 Å². The molecule has 0 aliphatic rings. The summed E-state index contributed by atoms with van der Waals surface area (Å²) in [6, 6.07) is 6.74. The molecule has 0 aliphatic heterocycles. The maximum Gasteiger partial charge on any atom is 0.262 e. The highest BCUT2D eigenvalue weighted by Crippen LogP contribution is 2.23. The van der Waals surface area contributed by atoms with Crippen molar-refractivity contribution < 1.29 is 18.0 Å². The first-order valence-electron chi connectivity index (χ1n) is 8.74. The maximum absolute atomic E-state index is 13.8. The molecular weight excluding hydrogens is 385 g/mol. The number of benzene rings is 2. The molecular formula is C20H15F3N4O2. The number of carbonyl (C=O) groups is 1. The zero-order valence-corrected chi connectivity index (χ0v) is 15.2. The van der Waals surface area contributed by atoms with Gasteiger partial charge < -0.3 is 9.88 Å². The Balaban J connectivity index is 1.67. The van der Waals surface area contributed by atoms with E-state index in [-0.39, 0.29) is 24.2 Å². The van der Waals surface area contributed by atoms with E-state index < -0.39 is 23.4 Å². The van der Waals surface area contributed by atoms with Crippen LogP contribution < -0.4 is 10.9 Å². The van der Waals surface area contributed by atoms with Gasteiger partial charge in [0.05, 0.1) is 28.2 Å². The van der Waals surface area contributed by atoms with Crippen LogP contribution in [0.15, 0.2) is 47.4 Å². The van der Waals surface area contributed by atoms with Crippen LogP contribution >= 0.6 is 0 Å². The van der Waals surface area contributed by atoms with Gasteiger partial charge >= 0.3 is 0 Å². The second-order valence-electron chi connectivity index (χ2n) is 6.53. The van der Waals surface area contributed by atoms with Crippen molar-refractivity contribution in [3.63, 3.8) is 0 Å². The Morgan fingerprint density at radius 3 is 2.55 bits per heavy atom. The number of hydrogen-bond acceptors (Lipinski definition) is 3. The van der Waals surface area contributed by atoms with E-state index in [1.54, 1.807) is 17.8 Å². The molecule has 2 aromatic carbocycles. The molecule has 2 aromatic heterocycles. The third kappa shape index (κ3) is 3.24. The molecule has 9 heteroatoms. The number of nitrogens with one attached hydrogen (secondary N) is 1. The first-order valence-corrected chi connectivity index (χ1v) is 8.74. The molecule has 0 spiro atoms. The number of aromatic nitrogens is 3. The van der Waals surface area contributed by atoms with Crippen LogP contribution in [0.3, 0.4) is 0 Å². The van der Waals surface area contributed by atoms with Gasteiger partial charge in [-0.1, -0.05) is 0 Å². The van der Waals surface area contributed by atoms with E-state index in [2.05, 4.69) is 10.4 Å². The van der Waals surface area contributed by atoms with Crippen molar-refractivity contribution in [2.75, 3.05) is 6.54 Å². The zero-order valence-electron chi connectivity index (χ0n) is 15.2. The SMILES string of the molecule is Cn1ncc2c(=O)n(CCNC(=O)c3ccc(F)cc3F)c3cc(F)ccc3c21. The Bertz CT molecular complexity index is 1330. The minimum absolute atomic E-state index is 0.0209. The number of hydrogen-bond donors (Lipinski definition) is 1. The van der Waals surface area contributed by atoms with E-state index in [9.17, 15) is 22.8 Å². The van der Waals surface area contributed by atoms with Crippen LogP contribution in [0.2, 0.25) is 0 Å². The predicted molar refractivity (Wildman–Crippen MR) is 101 cm³/mol. The lowest BCUT2D eigenvalue weighted by Gasteiger charge is -2.13. The molecule has 1 amide bonds. The predicted octanol–water partition coefficient (Wildman–Crippen LogP) is 2.74. The number of halogens is 3. The molecule has 4 aromatic rings. The lowest BCUT2D eigenvalue weighted by molar-refractivity contribution is 0.0948. The Labute approximate surface area is 162 Å². The number of pyridine rings is 1. The van der Waals surface area contributed by atoms with Gasteiger partial charge in [0.1, 0.15) is 17.5 Å². The average molecular weight is 400 g/mol. The standard InChI is InChI=1S/C20H15F3N4O2/c1-26-18-14-5-3-12(22)9-17(14)27(20(29)15(18)10-25-26)7-6-24-19(28)13-4-2-11(21)8-16(13)23/h2-5,8-10H,6-7H2,1H3,(H,24,28). The fourth-order valence-corrected chi connectivity index (χ4v) is 3.37. The summed E-state index contributed by atoms with van der Waals surface area (Å²) in [7, 11) is 1.69. The molecule has 0 fully saturated rings. The van der Waals surface area contributed by atoms with Crippen molar-refractivity contribution in [1.82, 2.24) is 19.7 Å². The van der Waals surface area contributed by atoms with Gasteiger partial charge in [-0.15, -0.1) is 0 Å². The van der Waals surface area contributed by atoms with Crippen LogP contribution in [0.4, 0.5) is 13.2 Å². The fourth-order valence-electron chi connectivity index (χ4n) is 3.37. The zero-order chi connectivity index (χ0) is 20.7. The Kier molecular flexibility index (Phi) is 4.57. The minimum Gasteiger partial charge on any atom is -0.350 e. The second-order valence-corrected chi connectivity index (χ2v) is 6.53. The van der Waals surface area contributed by atoms with Gasteiger partial charge in [0.2, 0.25) is 0 Å². The average Bonchev–Trinajstić information content (AvgIpc) is 3.06.